The normalized spacial score (nSPS) is 11.7. The average Bonchev–Trinajstić information content (AvgIpc) is 3.11. The first-order valence-electron chi connectivity index (χ1n) is 9.65. The van der Waals surface area contributed by atoms with Crippen LogP contribution in [0.3, 0.4) is 0 Å². The minimum Gasteiger partial charge on any atom is -0.497 e. The summed E-state index contributed by atoms with van der Waals surface area (Å²) in [5.74, 6) is 0.602. The molecule has 150 valence electrons. The quantitative estimate of drug-likeness (QED) is 0.288. The average molecular weight is 408 g/mol. The molecule has 0 atom stereocenters. The molecule has 3 aromatic carbocycles. The summed E-state index contributed by atoms with van der Waals surface area (Å²) in [6.07, 6.45) is 0. The van der Waals surface area contributed by atoms with Crippen LogP contribution in [0.25, 0.3) is 33.6 Å². The van der Waals surface area contributed by atoms with E-state index in [1.165, 1.54) is 12.1 Å². The third kappa shape index (κ3) is 3.05. The van der Waals surface area contributed by atoms with Gasteiger partial charge in [0.1, 0.15) is 5.75 Å². The van der Waals surface area contributed by atoms with E-state index >= 15 is 0 Å². The summed E-state index contributed by atoms with van der Waals surface area (Å²) in [4.78, 5) is 28.9. The van der Waals surface area contributed by atoms with Gasteiger partial charge in [-0.25, -0.2) is 4.98 Å². The Kier molecular flexibility index (Phi) is 4.33. The van der Waals surface area contributed by atoms with E-state index in [1.54, 1.807) is 25.3 Å². The molecule has 0 saturated carbocycles. The van der Waals surface area contributed by atoms with Gasteiger partial charge in [-0.15, -0.1) is 0 Å². The lowest BCUT2D eigenvalue weighted by atomic mass is 9.95. The van der Waals surface area contributed by atoms with Crippen molar-refractivity contribution in [3.8, 4) is 39.4 Å². The molecule has 0 aliphatic heterocycles. The van der Waals surface area contributed by atoms with Gasteiger partial charge in [0, 0.05) is 28.8 Å². The first-order valence-corrected chi connectivity index (χ1v) is 9.65. The Balaban J connectivity index is 1.78. The lowest BCUT2D eigenvalue weighted by Crippen LogP contribution is -2.01. The Bertz CT molecular complexity index is 1360. The van der Waals surface area contributed by atoms with Gasteiger partial charge in [-0.3, -0.25) is 14.9 Å². The maximum atomic E-state index is 13.2. The summed E-state index contributed by atoms with van der Waals surface area (Å²) >= 11 is 0. The van der Waals surface area contributed by atoms with Crippen LogP contribution in [-0.2, 0) is 0 Å². The Morgan fingerprint density at radius 2 is 1.58 bits per heavy atom. The third-order valence-corrected chi connectivity index (χ3v) is 5.43. The van der Waals surface area contributed by atoms with Gasteiger partial charge in [0.05, 0.1) is 29.0 Å². The number of rotatable bonds is 4. The summed E-state index contributed by atoms with van der Waals surface area (Å²) in [5, 5.41) is 11.3. The molecule has 0 saturated heterocycles. The molecular formula is C25H16N2O4. The van der Waals surface area contributed by atoms with E-state index in [1.807, 2.05) is 48.5 Å². The minimum absolute atomic E-state index is 0.0305. The molecule has 31 heavy (non-hydrogen) atoms. The van der Waals surface area contributed by atoms with E-state index in [2.05, 4.69) is 0 Å². The number of aromatic nitrogens is 1. The van der Waals surface area contributed by atoms with Crippen LogP contribution in [0, 0.1) is 10.1 Å². The van der Waals surface area contributed by atoms with Crippen molar-refractivity contribution in [1.29, 1.82) is 0 Å². The summed E-state index contributed by atoms with van der Waals surface area (Å²) in [6, 6.07) is 23.0. The van der Waals surface area contributed by atoms with Crippen molar-refractivity contribution in [2.75, 3.05) is 7.11 Å². The number of hydrogen-bond donors (Lipinski definition) is 0. The van der Waals surface area contributed by atoms with Crippen molar-refractivity contribution in [2.24, 2.45) is 0 Å². The Labute approximate surface area is 177 Å². The zero-order valence-electron chi connectivity index (χ0n) is 16.5. The molecule has 5 rings (SSSR count). The zero-order chi connectivity index (χ0) is 21.5. The standard InChI is InChI=1S/C25H16N2O4/c1-31-18-11-9-15(10-12-18)22-14-21(16-5-4-6-17(13-16)27(29)30)23-24(26-22)19-7-2-3-8-20(19)25(23)28/h2-14H,1H3. The predicted octanol–water partition coefficient (Wildman–Crippen LogP) is 5.54. The number of ketones is 1. The molecule has 0 bridgehead atoms. The van der Waals surface area contributed by atoms with E-state index < -0.39 is 4.92 Å². The number of ether oxygens (including phenoxy) is 1. The number of pyridine rings is 1. The number of carbonyl (C=O) groups is 1. The first kappa shape index (κ1) is 18.7. The number of nitro groups is 1. The zero-order valence-corrected chi connectivity index (χ0v) is 16.5. The van der Waals surface area contributed by atoms with Gasteiger partial charge in [0.2, 0.25) is 0 Å². The van der Waals surface area contributed by atoms with Gasteiger partial charge < -0.3 is 4.74 Å². The molecule has 0 amide bonds. The smallest absolute Gasteiger partial charge is 0.270 e. The topological polar surface area (TPSA) is 82.3 Å². The van der Waals surface area contributed by atoms with Crippen LogP contribution >= 0.6 is 0 Å². The van der Waals surface area contributed by atoms with Crippen molar-refractivity contribution in [2.45, 2.75) is 0 Å². The van der Waals surface area contributed by atoms with Gasteiger partial charge in [0.25, 0.3) is 5.69 Å². The highest BCUT2D eigenvalue weighted by Gasteiger charge is 2.31. The number of nitro benzene ring substituents is 1. The van der Waals surface area contributed by atoms with Crippen molar-refractivity contribution >= 4 is 11.5 Å². The Morgan fingerprint density at radius 3 is 2.29 bits per heavy atom. The van der Waals surface area contributed by atoms with Gasteiger partial charge >= 0.3 is 0 Å². The third-order valence-electron chi connectivity index (χ3n) is 5.43. The van der Waals surface area contributed by atoms with Crippen LogP contribution in [0.5, 0.6) is 5.75 Å². The fourth-order valence-electron chi connectivity index (χ4n) is 3.92. The Morgan fingerprint density at radius 1 is 0.839 bits per heavy atom. The summed E-state index contributed by atoms with van der Waals surface area (Å²) in [5.41, 5.74) is 5.14. The number of non-ortho nitro benzene ring substituents is 1. The lowest BCUT2D eigenvalue weighted by Gasteiger charge is -2.12. The fraction of sp³-hybridized carbons (Fsp3) is 0.0400. The number of nitrogens with zero attached hydrogens (tertiary/aromatic N) is 2. The molecule has 0 unspecified atom stereocenters. The van der Waals surface area contributed by atoms with E-state index in [0.717, 1.165) is 16.9 Å². The molecular weight excluding hydrogens is 392 g/mol. The second-order valence-corrected chi connectivity index (χ2v) is 7.19. The lowest BCUT2D eigenvalue weighted by molar-refractivity contribution is -0.384. The highest BCUT2D eigenvalue weighted by molar-refractivity contribution is 6.24. The van der Waals surface area contributed by atoms with Crippen LogP contribution in [0.15, 0.2) is 78.9 Å². The molecule has 4 aromatic rings. The number of carbonyl (C=O) groups excluding carboxylic acids is 1. The number of benzene rings is 3. The maximum Gasteiger partial charge on any atom is 0.270 e. The van der Waals surface area contributed by atoms with Gasteiger partial charge in [-0.1, -0.05) is 36.4 Å². The van der Waals surface area contributed by atoms with E-state index in [9.17, 15) is 14.9 Å². The summed E-state index contributed by atoms with van der Waals surface area (Å²) < 4.78 is 5.24. The van der Waals surface area contributed by atoms with E-state index in [-0.39, 0.29) is 11.5 Å². The largest absolute Gasteiger partial charge is 0.497 e. The monoisotopic (exact) mass is 408 g/mol. The molecule has 1 heterocycles. The molecule has 1 aliphatic rings. The molecule has 0 fully saturated rings. The van der Waals surface area contributed by atoms with Crippen LogP contribution in [0.1, 0.15) is 15.9 Å². The molecule has 1 aromatic heterocycles. The molecule has 0 radical (unpaired) electrons. The van der Waals surface area contributed by atoms with Crippen LogP contribution in [0.2, 0.25) is 0 Å². The molecule has 6 heteroatoms. The van der Waals surface area contributed by atoms with E-state index in [0.29, 0.717) is 33.6 Å². The summed E-state index contributed by atoms with van der Waals surface area (Å²) in [6.45, 7) is 0. The van der Waals surface area contributed by atoms with Crippen LogP contribution < -0.4 is 4.74 Å². The Hall–Kier alpha value is -4.32. The number of hydrogen-bond acceptors (Lipinski definition) is 5. The fourth-order valence-corrected chi connectivity index (χ4v) is 3.92. The molecule has 0 spiro atoms. The first-order chi connectivity index (χ1) is 15.1. The van der Waals surface area contributed by atoms with Crippen molar-refractivity contribution in [3.63, 3.8) is 0 Å². The van der Waals surface area contributed by atoms with Gasteiger partial charge in [-0.05, 0) is 41.5 Å². The molecule has 6 nitrogen and oxygen atoms in total. The second kappa shape index (κ2) is 7.18. The number of fused-ring (bicyclic) bond motifs is 3. The van der Waals surface area contributed by atoms with E-state index in [4.69, 9.17) is 9.72 Å². The van der Waals surface area contributed by atoms with Crippen LogP contribution in [0.4, 0.5) is 5.69 Å². The second-order valence-electron chi connectivity index (χ2n) is 7.19. The van der Waals surface area contributed by atoms with Crippen molar-refractivity contribution in [3.05, 3.63) is 100 Å². The molecule has 1 aliphatic carbocycles. The SMILES string of the molecule is COc1ccc(-c2cc(-c3cccc([N+](=O)[O-])c3)c3c(n2)-c2ccccc2C3=O)cc1. The highest BCUT2D eigenvalue weighted by Crippen LogP contribution is 2.42. The maximum absolute atomic E-state index is 13.2. The molecule has 0 N–H and O–H groups in total. The summed E-state index contributed by atoms with van der Waals surface area (Å²) in [7, 11) is 1.60. The van der Waals surface area contributed by atoms with Crippen molar-refractivity contribution in [1.82, 2.24) is 4.98 Å². The predicted molar refractivity (Wildman–Crippen MR) is 117 cm³/mol. The van der Waals surface area contributed by atoms with Gasteiger partial charge in [0.15, 0.2) is 5.78 Å². The minimum atomic E-state index is -0.439. The van der Waals surface area contributed by atoms with Gasteiger partial charge in [-0.2, -0.15) is 0 Å². The highest BCUT2D eigenvalue weighted by atomic mass is 16.6. The van der Waals surface area contributed by atoms with Crippen molar-refractivity contribution < 1.29 is 14.5 Å². The number of methoxy groups -OCH3 is 1. The van der Waals surface area contributed by atoms with Crippen LogP contribution in [-0.4, -0.2) is 22.8 Å².